The Hall–Kier alpha value is -1.33. The first-order valence-electron chi connectivity index (χ1n) is 11.6. The molecule has 0 fully saturated rings. The van der Waals surface area contributed by atoms with Crippen LogP contribution < -0.4 is 17.1 Å². The van der Waals surface area contributed by atoms with E-state index in [1.807, 2.05) is 30.3 Å². The number of benzene rings is 1. The zero-order valence-electron chi connectivity index (χ0n) is 21.2. The Bertz CT molecular complexity index is 700. The first kappa shape index (κ1) is 30.7. The highest BCUT2D eigenvalue weighted by Crippen LogP contribution is 2.39. The summed E-state index contributed by atoms with van der Waals surface area (Å²) in [6.45, 7) is 13.7. The molecule has 1 aliphatic carbocycles. The second-order valence-corrected chi connectivity index (χ2v) is 10.4. The number of para-hydroxylation sites is 1. The third-order valence-corrected chi connectivity index (χ3v) is 6.04. The molecule has 0 saturated carbocycles. The fourth-order valence-electron chi connectivity index (χ4n) is 4.56. The molecular weight excluding hydrogens is 422 g/mol. The molecule has 1 aliphatic rings. The van der Waals surface area contributed by atoms with E-state index in [-0.39, 0.29) is 29.5 Å². The maximum atomic E-state index is 6.20. The van der Waals surface area contributed by atoms with Gasteiger partial charge in [0.05, 0.1) is 27.2 Å². The Morgan fingerprint density at radius 1 is 0.969 bits per heavy atom. The van der Waals surface area contributed by atoms with Crippen molar-refractivity contribution in [1.29, 1.82) is 0 Å². The number of nitrogens with zero attached hydrogens (tertiary/aromatic N) is 1. The second-order valence-electron chi connectivity index (χ2n) is 10.4. The molecule has 2 unspecified atom stereocenters. The molecule has 0 amide bonds. The third kappa shape index (κ3) is 10.1. The van der Waals surface area contributed by atoms with Gasteiger partial charge in [0.25, 0.3) is 0 Å². The van der Waals surface area contributed by atoms with Gasteiger partial charge >= 0.3 is 0 Å². The number of ether oxygens (including phenoxy) is 2. The van der Waals surface area contributed by atoms with Crippen molar-refractivity contribution >= 4 is 0 Å². The minimum atomic E-state index is 0. The van der Waals surface area contributed by atoms with Crippen LogP contribution in [-0.2, 0) is 4.74 Å². The molecule has 0 bridgehead atoms. The van der Waals surface area contributed by atoms with Gasteiger partial charge in [0, 0.05) is 12.3 Å². The highest BCUT2D eigenvalue weighted by molar-refractivity contribution is 5.27. The van der Waals surface area contributed by atoms with Crippen molar-refractivity contribution in [3.8, 4) is 5.75 Å². The van der Waals surface area contributed by atoms with Crippen molar-refractivity contribution in [3.05, 3.63) is 54.1 Å². The number of rotatable bonds is 12. The number of hydrogen-bond donors (Lipinski definition) is 0. The van der Waals surface area contributed by atoms with Crippen molar-refractivity contribution in [3.63, 3.8) is 0 Å². The second kappa shape index (κ2) is 14.0. The normalized spacial score (nSPS) is 19.2. The van der Waals surface area contributed by atoms with Crippen LogP contribution in [0.4, 0.5) is 0 Å². The van der Waals surface area contributed by atoms with Crippen LogP contribution in [0.25, 0.3) is 0 Å². The van der Waals surface area contributed by atoms with Gasteiger partial charge in [0.2, 0.25) is 0 Å². The summed E-state index contributed by atoms with van der Waals surface area (Å²) >= 11 is 0. The summed E-state index contributed by atoms with van der Waals surface area (Å²) in [7, 11) is 4.60. The Kier molecular flexibility index (Phi) is 13.5. The van der Waals surface area contributed by atoms with Gasteiger partial charge in [-0.1, -0.05) is 69.7 Å². The molecule has 0 aromatic heterocycles. The lowest BCUT2D eigenvalue weighted by atomic mass is 9.73. The minimum absolute atomic E-state index is 0. The molecule has 0 aliphatic heterocycles. The maximum Gasteiger partial charge on any atom is 0.190 e. The van der Waals surface area contributed by atoms with Crippen molar-refractivity contribution in [2.75, 3.05) is 33.9 Å². The van der Waals surface area contributed by atoms with Gasteiger partial charge < -0.3 is 31.8 Å². The largest absolute Gasteiger partial charge is 1.00 e. The van der Waals surface area contributed by atoms with Gasteiger partial charge in [-0.05, 0) is 43.2 Å². The zero-order valence-corrected chi connectivity index (χ0v) is 22.0. The summed E-state index contributed by atoms with van der Waals surface area (Å²) in [5.74, 6) is 2.28. The number of halogens is 1. The van der Waals surface area contributed by atoms with Crippen LogP contribution in [0.15, 0.2) is 54.1 Å². The summed E-state index contributed by atoms with van der Waals surface area (Å²) < 4.78 is 12.8. The van der Waals surface area contributed by atoms with Gasteiger partial charge in [-0.25, -0.2) is 0 Å². The molecule has 184 valence electrons. The minimum Gasteiger partial charge on any atom is -1.00 e. The van der Waals surface area contributed by atoms with Crippen LogP contribution in [0.2, 0.25) is 0 Å². The average Bonchev–Trinajstić information content (AvgIpc) is 2.66. The predicted molar refractivity (Wildman–Crippen MR) is 131 cm³/mol. The summed E-state index contributed by atoms with van der Waals surface area (Å²) in [5.41, 5.74) is 1.70. The molecular formula is C27H46ClNO3. The molecule has 2 atom stereocenters. The fourth-order valence-corrected chi connectivity index (χ4v) is 4.56. The first-order valence-corrected chi connectivity index (χ1v) is 11.6. The highest BCUT2D eigenvalue weighted by Gasteiger charge is 2.39. The molecule has 5 heteroatoms. The fraction of sp³-hybridized carbons (Fsp3) is 0.630. The van der Waals surface area contributed by atoms with Gasteiger partial charge in [-0.2, -0.15) is 0 Å². The van der Waals surface area contributed by atoms with E-state index in [0.717, 1.165) is 23.2 Å². The average molecular weight is 468 g/mol. The smallest absolute Gasteiger partial charge is 0.190 e. The third-order valence-electron chi connectivity index (χ3n) is 6.04. The van der Waals surface area contributed by atoms with Crippen LogP contribution in [0.3, 0.4) is 0 Å². The quantitative estimate of drug-likeness (QED) is 0.269. The van der Waals surface area contributed by atoms with Crippen LogP contribution in [0.5, 0.6) is 5.75 Å². The molecule has 4 nitrogen and oxygen atoms in total. The lowest BCUT2D eigenvalue weighted by molar-refractivity contribution is -0.940. The standard InChI is InChI=1S/C27H44NO2.ClH.H2O/c1-22(2)19-25-13-15-27(16-14-25,20-23(3)4)21-28(6,7)24(5)29-17-18-30-26-11-9-8-10-12-26;;/h8-15,22-24H,16-21H2,1-7H3;1H;1H2/q+1;;/p-1. The first-order chi connectivity index (χ1) is 14.1. The Morgan fingerprint density at radius 2 is 1.62 bits per heavy atom. The van der Waals surface area contributed by atoms with E-state index in [4.69, 9.17) is 9.47 Å². The van der Waals surface area contributed by atoms with Gasteiger partial charge in [-0.3, -0.25) is 0 Å². The molecule has 32 heavy (non-hydrogen) atoms. The predicted octanol–water partition coefficient (Wildman–Crippen LogP) is 2.65. The van der Waals surface area contributed by atoms with E-state index in [1.165, 1.54) is 18.4 Å². The lowest BCUT2D eigenvalue weighted by Crippen LogP contribution is -3.00. The molecule has 0 saturated heterocycles. The molecule has 1 aromatic carbocycles. The van der Waals surface area contributed by atoms with Crippen molar-refractivity contribution in [2.24, 2.45) is 17.3 Å². The summed E-state index contributed by atoms with van der Waals surface area (Å²) in [5, 5.41) is 0. The number of allylic oxidation sites excluding steroid dienone is 3. The Labute approximate surface area is 203 Å². The Balaban J connectivity index is 0.00000480. The summed E-state index contributed by atoms with van der Waals surface area (Å²) in [4.78, 5) is 0. The van der Waals surface area contributed by atoms with E-state index in [0.29, 0.717) is 25.0 Å². The van der Waals surface area contributed by atoms with E-state index < -0.39 is 0 Å². The molecule has 0 heterocycles. The molecule has 2 N–H and O–H groups in total. The maximum absolute atomic E-state index is 6.20. The van der Waals surface area contributed by atoms with Crippen molar-refractivity contribution < 1.29 is 31.8 Å². The van der Waals surface area contributed by atoms with Crippen LogP contribution in [0, 0.1) is 17.3 Å². The van der Waals surface area contributed by atoms with E-state index in [2.05, 4.69) is 66.9 Å². The monoisotopic (exact) mass is 467 g/mol. The highest BCUT2D eigenvalue weighted by atomic mass is 35.5. The van der Waals surface area contributed by atoms with Gasteiger partial charge in [0.1, 0.15) is 12.4 Å². The SMILES string of the molecule is CC(C)CC1=CCC(CC(C)C)(C[N+](C)(C)C(C)OCCOc2ccccc2)C=C1.O.[Cl-]. The summed E-state index contributed by atoms with van der Waals surface area (Å²) in [6, 6.07) is 9.95. The number of hydrogen-bond acceptors (Lipinski definition) is 2. The van der Waals surface area contributed by atoms with Crippen molar-refractivity contribution in [1.82, 2.24) is 0 Å². The Morgan fingerprint density at radius 3 is 2.16 bits per heavy atom. The van der Waals surface area contributed by atoms with Crippen molar-refractivity contribution in [2.45, 2.75) is 60.1 Å². The number of quaternary nitrogens is 1. The van der Waals surface area contributed by atoms with Gasteiger partial charge in [0.15, 0.2) is 6.23 Å². The van der Waals surface area contributed by atoms with E-state index >= 15 is 0 Å². The van der Waals surface area contributed by atoms with Crippen LogP contribution in [0.1, 0.15) is 53.9 Å². The van der Waals surface area contributed by atoms with Gasteiger partial charge in [-0.15, -0.1) is 0 Å². The molecule has 2 rings (SSSR count). The molecule has 1 aromatic rings. The lowest BCUT2D eigenvalue weighted by Gasteiger charge is -2.44. The summed E-state index contributed by atoms with van der Waals surface area (Å²) in [6.07, 6.45) is 11.0. The van der Waals surface area contributed by atoms with E-state index in [1.54, 1.807) is 0 Å². The van der Waals surface area contributed by atoms with Crippen LogP contribution >= 0.6 is 0 Å². The topological polar surface area (TPSA) is 50.0 Å². The molecule has 0 spiro atoms. The zero-order chi connectivity index (χ0) is 22.2. The van der Waals surface area contributed by atoms with E-state index in [9.17, 15) is 0 Å². The van der Waals surface area contributed by atoms with Crippen LogP contribution in [-0.4, -0.2) is 50.0 Å². The molecule has 0 radical (unpaired) electrons.